The van der Waals surface area contributed by atoms with Crippen LogP contribution in [0.4, 0.5) is 0 Å². The van der Waals surface area contributed by atoms with Gasteiger partial charge in [-0.15, -0.1) is 0 Å². The summed E-state index contributed by atoms with van der Waals surface area (Å²) in [4.78, 5) is 10.2. The number of alkyl halides is 1. The number of carbonyl (C=O) groups is 1. The largest absolute Gasteiger partial charge is 0.436 e. The van der Waals surface area contributed by atoms with Gasteiger partial charge in [0.25, 0.3) is 0 Å². The molecule has 1 atom stereocenters. The minimum atomic E-state index is -0.535. The fraction of sp³-hybridized carbons (Fsp3) is 0.667. The third-order valence-electron chi connectivity index (χ3n) is 0.601. The molecule has 0 aromatic carbocycles. The Morgan fingerprint density at radius 1 is 1.86 bits per heavy atom. The first-order chi connectivity index (χ1) is 3.30. The lowest BCUT2D eigenvalue weighted by Gasteiger charge is -1.85. The van der Waals surface area contributed by atoms with Gasteiger partial charge in [0.2, 0.25) is 5.01 Å². The van der Waals surface area contributed by atoms with Crippen molar-refractivity contribution in [2.45, 2.75) is 5.01 Å². The van der Waals surface area contributed by atoms with Crippen LogP contribution in [0.5, 0.6) is 0 Å². The zero-order valence-corrected chi connectivity index (χ0v) is 4.97. The molecule has 0 bridgehead atoms. The van der Waals surface area contributed by atoms with Gasteiger partial charge in [-0.05, 0) is 15.9 Å². The highest BCUT2D eigenvalue weighted by Crippen LogP contribution is 2.10. The summed E-state index contributed by atoms with van der Waals surface area (Å²) in [6.07, 6.45) is 0. The molecule has 0 aliphatic carbocycles. The van der Waals surface area contributed by atoms with Crippen molar-refractivity contribution in [2.75, 3.05) is 6.79 Å². The lowest BCUT2D eigenvalue weighted by atomic mass is 10.8. The minimum Gasteiger partial charge on any atom is -0.436 e. The third-order valence-corrected chi connectivity index (χ3v) is 1.24. The Balaban J connectivity index is 2.48. The molecule has 1 fully saturated rings. The minimum absolute atomic E-state index is 0.0781. The van der Waals surface area contributed by atoms with Crippen molar-refractivity contribution in [1.82, 2.24) is 0 Å². The molecule has 1 unspecified atom stereocenters. The first-order valence-corrected chi connectivity index (χ1v) is 2.64. The van der Waals surface area contributed by atoms with Gasteiger partial charge < -0.3 is 9.47 Å². The number of carbonyl (C=O) groups excluding carboxylic acids is 1. The number of cyclic esters (lactones) is 1. The van der Waals surface area contributed by atoms with Crippen molar-refractivity contribution in [3.05, 3.63) is 0 Å². The van der Waals surface area contributed by atoms with E-state index < -0.39 is 5.01 Å². The third kappa shape index (κ3) is 0.920. The monoisotopic (exact) mass is 166 g/mol. The van der Waals surface area contributed by atoms with Gasteiger partial charge in [0.15, 0.2) is 6.79 Å². The highest BCUT2D eigenvalue weighted by Gasteiger charge is 2.23. The van der Waals surface area contributed by atoms with Crippen molar-refractivity contribution < 1.29 is 14.3 Å². The van der Waals surface area contributed by atoms with Crippen molar-refractivity contribution >= 4 is 21.9 Å². The number of ether oxygens (including phenoxy) is 2. The molecule has 1 saturated heterocycles. The molecular formula is C3H3BrO3. The van der Waals surface area contributed by atoms with Crippen LogP contribution in [0.2, 0.25) is 0 Å². The standard InChI is InChI=1S/C3H3BrO3/c4-2-3(5)7-1-6-2/h2H,1H2. The van der Waals surface area contributed by atoms with Gasteiger partial charge in [-0.1, -0.05) is 0 Å². The smallest absolute Gasteiger partial charge is 0.348 e. The van der Waals surface area contributed by atoms with Gasteiger partial charge in [0.1, 0.15) is 0 Å². The average molecular weight is 167 g/mol. The summed E-state index contributed by atoms with van der Waals surface area (Å²) in [7, 11) is 0. The van der Waals surface area contributed by atoms with Crippen molar-refractivity contribution in [3.8, 4) is 0 Å². The summed E-state index contributed by atoms with van der Waals surface area (Å²) >= 11 is 2.91. The van der Waals surface area contributed by atoms with Crippen LogP contribution in [-0.2, 0) is 14.3 Å². The number of halogens is 1. The summed E-state index contributed by atoms with van der Waals surface area (Å²) in [5.74, 6) is -0.347. The van der Waals surface area contributed by atoms with Gasteiger partial charge >= 0.3 is 5.97 Å². The molecule has 0 amide bonds. The first kappa shape index (κ1) is 5.05. The van der Waals surface area contributed by atoms with Crippen LogP contribution in [0.3, 0.4) is 0 Å². The molecule has 4 heteroatoms. The summed E-state index contributed by atoms with van der Waals surface area (Å²) < 4.78 is 8.97. The molecule has 1 aliphatic rings. The van der Waals surface area contributed by atoms with Crippen LogP contribution in [0.1, 0.15) is 0 Å². The normalized spacial score (nSPS) is 30.4. The summed E-state index contributed by atoms with van der Waals surface area (Å²) in [6.45, 7) is 0.0781. The van der Waals surface area contributed by atoms with E-state index in [1.165, 1.54) is 0 Å². The second-order valence-electron chi connectivity index (χ2n) is 1.06. The predicted molar refractivity (Wildman–Crippen MR) is 24.8 cm³/mol. The summed E-state index contributed by atoms with van der Waals surface area (Å²) in [6, 6.07) is 0. The second-order valence-corrected chi connectivity index (χ2v) is 1.90. The highest BCUT2D eigenvalue weighted by molar-refractivity contribution is 9.09. The van der Waals surface area contributed by atoms with E-state index in [-0.39, 0.29) is 12.8 Å². The number of hydrogen-bond donors (Lipinski definition) is 0. The Labute approximate surface area is 48.7 Å². The van der Waals surface area contributed by atoms with E-state index in [0.29, 0.717) is 0 Å². The Morgan fingerprint density at radius 2 is 2.57 bits per heavy atom. The molecule has 0 N–H and O–H groups in total. The van der Waals surface area contributed by atoms with E-state index >= 15 is 0 Å². The highest BCUT2D eigenvalue weighted by atomic mass is 79.9. The van der Waals surface area contributed by atoms with Crippen molar-refractivity contribution in [2.24, 2.45) is 0 Å². The summed E-state index contributed by atoms with van der Waals surface area (Å²) in [5, 5.41) is -0.535. The zero-order valence-electron chi connectivity index (χ0n) is 3.39. The van der Waals surface area contributed by atoms with E-state index in [1.54, 1.807) is 0 Å². The van der Waals surface area contributed by atoms with Crippen molar-refractivity contribution in [3.63, 3.8) is 0 Å². The zero-order chi connectivity index (χ0) is 5.28. The molecule has 3 nitrogen and oxygen atoms in total. The molecular weight excluding hydrogens is 164 g/mol. The maximum Gasteiger partial charge on any atom is 0.348 e. The predicted octanol–water partition coefficient (Wildman–Crippen LogP) is 0.238. The van der Waals surface area contributed by atoms with Crippen LogP contribution in [-0.4, -0.2) is 17.8 Å². The van der Waals surface area contributed by atoms with E-state index in [4.69, 9.17) is 0 Å². The Hall–Kier alpha value is -0.0900. The molecule has 1 rings (SSSR count). The SMILES string of the molecule is O=C1OCOC1Br. The van der Waals surface area contributed by atoms with Gasteiger partial charge in [-0.3, -0.25) is 0 Å². The van der Waals surface area contributed by atoms with Crippen LogP contribution in [0, 0.1) is 0 Å². The molecule has 0 saturated carbocycles. The topological polar surface area (TPSA) is 35.5 Å². The Morgan fingerprint density at radius 3 is 2.71 bits per heavy atom. The number of hydrogen-bond acceptors (Lipinski definition) is 3. The number of rotatable bonds is 0. The fourth-order valence-corrected chi connectivity index (χ4v) is 0.525. The quantitative estimate of drug-likeness (QED) is 0.382. The van der Waals surface area contributed by atoms with E-state index in [9.17, 15) is 4.79 Å². The van der Waals surface area contributed by atoms with Gasteiger partial charge in [0.05, 0.1) is 0 Å². The molecule has 1 heterocycles. The maximum absolute atomic E-state index is 10.2. The van der Waals surface area contributed by atoms with Gasteiger partial charge in [-0.25, -0.2) is 4.79 Å². The van der Waals surface area contributed by atoms with Crippen molar-refractivity contribution in [1.29, 1.82) is 0 Å². The van der Waals surface area contributed by atoms with E-state index in [0.717, 1.165) is 0 Å². The number of esters is 1. The van der Waals surface area contributed by atoms with Crippen LogP contribution in [0.15, 0.2) is 0 Å². The molecule has 40 valence electrons. The van der Waals surface area contributed by atoms with E-state index in [1.807, 2.05) is 0 Å². The molecule has 0 radical (unpaired) electrons. The maximum atomic E-state index is 10.2. The molecule has 0 spiro atoms. The average Bonchev–Trinajstić information content (AvgIpc) is 1.91. The lowest BCUT2D eigenvalue weighted by Crippen LogP contribution is -2.05. The molecule has 1 aliphatic heterocycles. The first-order valence-electron chi connectivity index (χ1n) is 1.73. The van der Waals surface area contributed by atoms with Gasteiger partial charge in [0, 0.05) is 0 Å². The Kier molecular flexibility index (Phi) is 1.30. The summed E-state index contributed by atoms with van der Waals surface area (Å²) in [5.41, 5.74) is 0. The van der Waals surface area contributed by atoms with Gasteiger partial charge in [-0.2, -0.15) is 0 Å². The van der Waals surface area contributed by atoms with E-state index in [2.05, 4.69) is 25.4 Å². The fourth-order valence-electron chi connectivity index (χ4n) is 0.285. The Bertz CT molecular complexity index is 92.2. The molecule has 7 heavy (non-hydrogen) atoms. The lowest BCUT2D eigenvalue weighted by molar-refractivity contribution is -0.137. The van der Waals surface area contributed by atoms with Crippen LogP contribution < -0.4 is 0 Å². The van der Waals surface area contributed by atoms with Crippen LogP contribution >= 0.6 is 15.9 Å². The second kappa shape index (κ2) is 1.79. The molecule has 0 aromatic rings. The van der Waals surface area contributed by atoms with Crippen LogP contribution in [0.25, 0.3) is 0 Å². The molecule has 0 aromatic heterocycles.